The summed E-state index contributed by atoms with van der Waals surface area (Å²) in [5.74, 6) is 2.18. The summed E-state index contributed by atoms with van der Waals surface area (Å²) in [7, 11) is 0. The highest BCUT2D eigenvalue weighted by Crippen LogP contribution is 2.34. The molecule has 1 N–H and O–H groups in total. The Kier molecular flexibility index (Phi) is 3.36. The molecular weight excluding hydrogens is 186 g/mol. The van der Waals surface area contributed by atoms with Crippen LogP contribution in [0.15, 0.2) is 0 Å². The van der Waals surface area contributed by atoms with Crippen LogP contribution in [0.2, 0.25) is 0 Å². The van der Waals surface area contributed by atoms with Crippen LogP contribution >= 0.6 is 0 Å². The Morgan fingerprint density at radius 3 is 2.33 bits per heavy atom. The molecule has 0 bridgehead atoms. The molecular formula is C13H25NO. The van der Waals surface area contributed by atoms with E-state index in [1.165, 1.54) is 25.9 Å². The molecule has 2 aliphatic rings. The van der Waals surface area contributed by atoms with Gasteiger partial charge in [0, 0.05) is 12.6 Å². The first-order chi connectivity index (χ1) is 7.08. The van der Waals surface area contributed by atoms with Crippen molar-refractivity contribution in [1.29, 1.82) is 0 Å². The van der Waals surface area contributed by atoms with Gasteiger partial charge in [-0.15, -0.1) is 0 Å². The zero-order valence-electron chi connectivity index (χ0n) is 10.3. The minimum Gasteiger partial charge on any atom is -0.391 e. The summed E-state index contributed by atoms with van der Waals surface area (Å²) in [6, 6.07) is 0.436. The predicted molar refractivity (Wildman–Crippen MR) is 62.7 cm³/mol. The van der Waals surface area contributed by atoms with Crippen molar-refractivity contribution < 1.29 is 5.11 Å². The Balaban J connectivity index is 2.00. The molecule has 88 valence electrons. The van der Waals surface area contributed by atoms with Gasteiger partial charge in [-0.1, -0.05) is 20.8 Å². The smallest absolute Gasteiger partial charge is 0.0700 e. The van der Waals surface area contributed by atoms with Gasteiger partial charge in [0.05, 0.1) is 6.10 Å². The summed E-state index contributed by atoms with van der Waals surface area (Å²) >= 11 is 0. The quantitative estimate of drug-likeness (QED) is 0.718. The molecule has 15 heavy (non-hydrogen) atoms. The Labute approximate surface area is 93.7 Å². The van der Waals surface area contributed by atoms with Gasteiger partial charge in [0.15, 0.2) is 0 Å². The number of nitrogens with zero attached hydrogens (tertiary/aromatic N) is 1. The minimum atomic E-state index is -0.0888. The normalized spacial score (nSPS) is 48.4. The number of aliphatic hydroxyl groups excluding tert-OH is 1. The van der Waals surface area contributed by atoms with E-state index < -0.39 is 0 Å². The van der Waals surface area contributed by atoms with Crippen molar-refractivity contribution in [2.75, 3.05) is 13.1 Å². The molecule has 0 aromatic rings. The maximum atomic E-state index is 10.2. The fourth-order valence-electron chi connectivity index (χ4n) is 3.64. The van der Waals surface area contributed by atoms with Crippen LogP contribution in [0, 0.1) is 17.8 Å². The monoisotopic (exact) mass is 211 g/mol. The van der Waals surface area contributed by atoms with E-state index in [1.54, 1.807) is 0 Å². The predicted octanol–water partition coefficient (Wildman–Crippen LogP) is 2.12. The lowest BCUT2D eigenvalue weighted by Crippen LogP contribution is -2.50. The number of hydrogen-bond donors (Lipinski definition) is 1. The van der Waals surface area contributed by atoms with Crippen molar-refractivity contribution >= 4 is 0 Å². The van der Waals surface area contributed by atoms with Gasteiger partial charge in [0.2, 0.25) is 0 Å². The van der Waals surface area contributed by atoms with Crippen molar-refractivity contribution in [3.63, 3.8) is 0 Å². The zero-order chi connectivity index (χ0) is 11.0. The van der Waals surface area contributed by atoms with E-state index in [2.05, 4.69) is 25.7 Å². The van der Waals surface area contributed by atoms with Crippen LogP contribution in [0.4, 0.5) is 0 Å². The molecule has 1 saturated carbocycles. The van der Waals surface area contributed by atoms with Crippen molar-refractivity contribution in [1.82, 2.24) is 4.90 Å². The van der Waals surface area contributed by atoms with Crippen molar-refractivity contribution in [3.8, 4) is 0 Å². The van der Waals surface area contributed by atoms with Gasteiger partial charge in [-0.25, -0.2) is 0 Å². The van der Waals surface area contributed by atoms with Gasteiger partial charge in [-0.3, -0.25) is 4.90 Å². The summed E-state index contributed by atoms with van der Waals surface area (Å²) in [5.41, 5.74) is 0. The minimum absolute atomic E-state index is 0.0888. The summed E-state index contributed by atoms with van der Waals surface area (Å²) in [4.78, 5) is 2.53. The lowest BCUT2D eigenvalue weighted by atomic mass is 9.77. The largest absolute Gasteiger partial charge is 0.391 e. The molecule has 2 nitrogen and oxygen atoms in total. The molecule has 0 aromatic carbocycles. The maximum Gasteiger partial charge on any atom is 0.0700 e. The van der Waals surface area contributed by atoms with Gasteiger partial charge in [0.25, 0.3) is 0 Å². The molecule has 0 spiro atoms. The SMILES string of the molecule is CC1CC(C)C(N2CCC(C)C2)C(O)C1. The van der Waals surface area contributed by atoms with E-state index in [0.29, 0.717) is 17.9 Å². The summed E-state index contributed by atoms with van der Waals surface area (Å²) < 4.78 is 0. The first-order valence-corrected chi connectivity index (χ1v) is 6.50. The highest BCUT2D eigenvalue weighted by atomic mass is 16.3. The first kappa shape index (κ1) is 11.4. The number of rotatable bonds is 1. The Bertz CT molecular complexity index is 207. The third-order valence-corrected chi connectivity index (χ3v) is 4.27. The molecule has 0 aromatic heterocycles. The van der Waals surface area contributed by atoms with Crippen LogP contribution in [0.3, 0.4) is 0 Å². The van der Waals surface area contributed by atoms with Crippen molar-refractivity contribution in [3.05, 3.63) is 0 Å². The van der Waals surface area contributed by atoms with Crippen LogP contribution in [0.5, 0.6) is 0 Å². The van der Waals surface area contributed by atoms with Crippen LogP contribution in [0.25, 0.3) is 0 Å². The molecule has 0 radical (unpaired) electrons. The van der Waals surface area contributed by atoms with Gasteiger partial charge >= 0.3 is 0 Å². The molecule has 1 heterocycles. The second kappa shape index (κ2) is 4.42. The van der Waals surface area contributed by atoms with E-state index in [1.807, 2.05) is 0 Å². The highest BCUT2D eigenvalue weighted by Gasteiger charge is 2.38. The van der Waals surface area contributed by atoms with Crippen LogP contribution < -0.4 is 0 Å². The molecule has 2 rings (SSSR count). The van der Waals surface area contributed by atoms with Crippen molar-refractivity contribution in [2.24, 2.45) is 17.8 Å². The number of aliphatic hydroxyl groups is 1. The standard InChI is InChI=1S/C13H25NO/c1-9-4-5-14(8-9)13-11(3)6-10(2)7-12(13)15/h9-13,15H,4-8H2,1-3H3. The molecule has 2 heteroatoms. The van der Waals surface area contributed by atoms with Gasteiger partial charge in [-0.05, 0) is 43.6 Å². The summed E-state index contributed by atoms with van der Waals surface area (Å²) in [5, 5.41) is 10.2. The third-order valence-electron chi connectivity index (χ3n) is 4.27. The van der Waals surface area contributed by atoms with E-state index in [9.17, 15) is 5.11 Å². The number of hydrogen-bond acceptors (Lipinski definition) is 2. The summed E-state index contributed by atoms with van der Waals surface area (Å²) in [6.07, 6.45) is 3.51. The molecule has 1 aliphatic heterocycles. The topological polar surface area (TPSA) is 23.5 Å². The zero-order valence-corrected chi connectivity index (χ0v) is 10.3. The van der Waals surface area contributed by atoms with E-state index in [4.69, 9.17) is 0 Å². The third kappa shape index (κ3) is 2.36. The van der Waals surface area contributed by atoms with E-state index >= 15 is 0 Å². The molecule has 2 fully saturated rings. The van der Waals surface area contributed by atoms with E-state index in [0.717, 1.165) is 12.3 Å². The Hall–Kier alpha value is -0.0800. The van der Waals surface area contributed by atoms with E-state index in [-0.39, 0.29) is 6.10 Å². The molecule has 5 atom stereocenters. The molecule has 0 amide bonds. The average molecular weight is 211 g/mol. The molecule has 5 unspecified atom stereocenters. The second-order valence-corrected chi connectivity index (χ2v) is 6.00. The van der Waals surface area contributed by atoms with Gasteiger partial charge in [0.1, 0.15) is 0 Å². The first-order valence-electron chi connectivity index (χ1n) is 6.50. The van der Waals surface area contributed by atoms with Crippen molar-refractivity contribution in [2.45, 2.75) is 52.2 Å². The highest BCUT2D eigenvalue weighted by molar-refractivity contribution is 4.92. The second-order valence-electron chi connectivity index (χ2n) is 6.00. The lowest BCUT2D eigenvalue weighted by molar-refractivity contribution is -0.0162. The number of likely N-dealkylation sites (tertiary alicyclic amines) is 1. The Morgan fingerprint density at radius 2 is 1.80 bits per heavy atom. The summed E-state index contributed by atoms with van der Waals surface area (Å²) in [6.45, 7) is 9.29. The fraction of sp³-hybridized carbons (Fsp3) is 1.00. The fourth-order valence-corrected chi connectivity index (χ4v) is 3.64. The van der Waals surface area contributed by atoms with Crippen LogP contribution in [-0.4, -0.2) is 35.2 Å². The van der Waals surface area contributed by atoms with Crippen LogP contribution in [-0.2, 0) is 0 Å². The molecule has 1 aliphatic carbocycles. The molecule has 1 saturated heterocycles. The maximum absolute atomic E-state index is 10.2. The average Bonchev–Trinajstić information content (AvgIpc) is 2.49. The Morgan fingerprint density at radius 1 is 1.07 bits per heavy atom. The lowest BCUT2D eigenvalue weighted by Gasteiger charge is -2.42. The van der Waals surface area contributed by atoms with Crippen LogP contribution in [0.1, 0.15) is 40.0 Å². The van der Waals surface area contributed by atoms with Gasteiger partial charge < -0.3 is 5.11 Å². The van der Waals surface area contributed by atoms with Gasteiger partial charge in [-0.2, -0.15) is 0 Å².